The van der Waals surface area contributed by atoms with Crippen LogP contribution in [0.25, 0.3) is 0 Å². The molecule has 3 nitrogen and oxygen atoms in total. The van der Waals surface area contributed by atoms with Crippen molar-refractivity contribution in [3.63, 3.8) is 0 Å². The number of nitrogens with zero attached hydrogens (tertiary/aromatic N) is 1. The maximum Gasteiger partial charge on any atom is 0.223 e. The van der Waals surface area contributed by atoms with Gasteiger partial charge in [0, 0.05) is 25.9 Å². The molecule has 0 radical (unpaired) electrons. The molecule has 1 saturated heterocycles. The van der Waals surface area contributed by atoms with Crippen LogP contribution >= 0.6 is 0 Å². The maximum atomic E-state index is 11.4. The van der Waals surface area contributed by atoms with E-state index in [1.165, 1.54) is 0 Å². The molecule has 72 valence electrons. The first kappa shape index (κ1) is 10.1. The molecule has 1 amide bonds. The molecule has 0 saturated carbocycles. The second kappa shape index (κ2) is 3.80. The van der Waals surface area contributed by atoms with Crippen molar-refractivity contribution in [1.29, 1.82) is 0 Å². The Hall–Kier alpha value is -1.01. The molecule has 0 aromatic carbocycles. The smallest absolute Gasteiger partial charge is 0.223 e. The monoisotopic (exact) mass is 181 g/mol. The van der Waals surface area contributed by atoms with Crippen LogP contribution in [-0.2, 0) is 4.79 Å². The van der Waals surface area contributed by atoms with Crippen LogP contribution in [0.4, 0.5) is 0 Å². The standard InChI is InChI=1S/C10H15NO2/c1-3-4-5-9(12)11-7-6-10(2,13)8-11/h1,13H,4-8H2,2H3. The third-order valence-electron chi connectivity index (χ3n) is 2.29. The van der Waals surface area contributed by atoms with Gasteiger partial charge in [-0.05, 0) is 13.3 Å². The molecule has 1 unspecified atom stereocenters. The highest BCUT2D eigenvalue weighted by molar-refractivity contribution is 5.76. The van der Waals surface area contributed by atoms with Crippen LogP contribution in [0.5, 0.6) is 0 Å². The molecule has 0 aromatic heterocycles. The second-order valence-electron chi connectivity index (χ2n) is 3.77. The summed E-state index contributed by atoms with van der Waals surface area (Å²) < 4.78 is 0. The van der Waals surface area contributed by atoms with Gasteiger partial charge in [-0.25, -0.2) is 0 Å². The zero-order valence-electron chi connectivity index (χ0n) is 7.92. The third-order valence-corrected chi connectivity index (χ3v) is 2.29. The Kier molecular flexibility index (Phi) is 2.94. The van der Waals surface area contributed by atoms with Crippen LogP contribution in [0.15, 0.2) is 0 Å². The molecule has 1 aliphatic rings. The van der Waals surface area contributed by atoms with Gasteiger partial charge < -0.3 is 10.0 Å². The van der Waals surface area contributed by atoms with Crippen molar-refractivity contribution < 1.29 is 9.90 Å². The lowest BCUT2D eigenvalue weighted by Gasteiger charge is -2.18. The summed E-state index contributed by atoms with van der Waals surface area (Å²) in [6.07, 6.45) is 6.60. The number of aliphatic hydroxyl groups is 1. The fourth-order valence-electron chi connectivity index (χ4n) is 1.50. The molecule has 1 aliphatic heterocycles. The minimum atomic E-state index is -0.703. The molecule has 1 rings (SSSR count). The van der Waals surface area contributed by atoms with Gasteiger partial charge in [-0.3, -0.25) is 4.79 Å². The molecule has 0 spiro atoms. The summed E-state index contributed by atoms with van der Waals surface area (Å²) >= 11 is 0. The number of β-amino-alcohol motifs (C(OH)–C–C–N with tert-alkyl or cyclic N) is 1. The second-order valence-corrected chi connectivity index (χ2v) is 3.77. The normalized spacial score (nSPS) is 27.3. The molecule has 1 atom stereocenters. The highest BCUT2D eigenvalue weighted by Crippen LogP contribution is 2.20. The Balaban J connectivity index is 2.39. The van der Waals surface area contributed by atoms with Gasteiger partial charge in [-0.1, -0.05) is 0 Å². The SMILES string of the molecule is C#CCCC(=O)N1CCC(C)(O)C1. The van der Waals surface area contributed by atoms with E-state index in [-0.39, 0.29) is 5.91 Å². The Morgan fingerprint density at radius 1 is 1.77 bits per heavy atom. The predicted octanol–water partition coefficient (Wildman–Crippen LogP) is 0.383. The Bertz CT molecular complexity index is 240. The third kappa shape index (κ3) is 2.74. The van der Waals surface area contributed by atoms with E-state index in [9.17, 15) is 9.90 Å². The highest BCUT2D eigenvalue weighted by Gasteiger charge is 2.33. The van der Waals surface area contributed by atoms with E-state index >= 15 is 0 Å². The molecular weight excluding hydrogens is 166 g/mol. The van der Waals surface area contributed by atoms with Gasteiger partial charge >= 0.3 is 0 Å². The lowest BCUT2D eigenvalue weighted by atomic mass is 10.1. The van der Waals surface area contributed by atoms with E-state index in [1.807, 2.05) is 0 Å². The molecule has 0 aliphatic carbocycles. The molecule has 0 bridgehead atoms. The fraction of sp³-hybridized carbons (Fsp3) is 0.700. The van der Waals surface area contributed by atoms with Gasteiger partial charge in [0.2, 0.25) is 5.91 Å². The number of likely N-dealkylation sites (tertiary alicyclic amines) is 1. The molecule has 1 heterocycles. The quantitative estimate of drug-likeness (QED) is 0.626. The summed E-state index contributed by atoms with van der Waals surface area (Å²) in [7, 11) is 0. The first-order valence-corrected chi connectivity index (χ1v) is 4.49. The predicted molar refractivity (Wildman–Crippen MR) is 49.9 cm³/mol. The zero-order valence-corrected chi connectivity index (χ0v) is 7.92. The summed E-state index contributed by atoms with van der Waals surface area (Å²) in [5, 5.41) is 9.60. The minimum absolute atomic E-state index is 0.0516. The van der Waals surface area contributed by atoms with Crippen LogP contribution in [-0.4, -0.2) is 34.6 Å². The van der Waals surface area contributed by atoms with Crippen LogP contribution in [0.1, 0.15) is 26.2 Å². The number of terminal acetylenes is 1. The minimum Gasteiger partial charge on any atom is -0.388 e. The number of rotatable bonds is 2. The van der Waals surface area contributed by atoms with E-state index in [1.54, 1.807) is 11.8 Å². The molecule has 3 heteroatoms. The number of hydrogen-bond donors (Lipinski definition) is 1. The van der Waals surface area contributed by atoms with Crippen LogP contribution in [0, 0.1) is 12.3 Å². The van der Waals surface area contributed by atoms with E-state index in [0.29, 0.717) is 32.4 Å². The molecule has 1 fully saturated rings. The largest absolute Gasteiger partial charge is 0.388 e. The van der Waals surface area contributed by atoms with E-state index in [2.05, 4.69) is 5.92 Å². The number of amides is 1. The van der Waals surface area contributed by atoms with Gasteiger partial charge in [-0.15, -0.1) is 12.3 Å². The van der Waals surface area contributed by atoms with Crippen LogP contribution in [0.3, 0.4) is 0 Å². The van der Waals surface area contributed by atoms with Crippen molar-refractivity contribution in [2.75, 3.05) is 13.1 Å². The number of carbonyl (C=O) groups is 1. The molecular formula is C10H15NO2. The summed E-state index contributed by atoms with van der Waals surface area (Å²) in [6, 6.07) is 0. The van der Waals surface area contributed by atoms with Gasteiger partial charge in [0.05, 0.1) is 5.60 Å². The molecule has 13 heavy (non-hydrogen) atoms. The Morgan fingerprint density at radius 2 is 2.46 bits per heavy atom. The van der Waals surface area contributed by atoms with Crippen molar-refractivity contribution in [3.8, 4) is 12.3 Å². The van der Waals surface area contributed by atoms with Crippen molar-refractivity contribution in [1.82, 2.24) is 4.90 Å². The lowest BCUT2D eigenvalue weighted by Crippen LogP contribution is -2.33. The van der Waals surface area contributed by atoms with Crippen LogP contribution in [0.2, 0.25) is 0 Å². The first-order valence-electron chi connectivity index (χ1n) is 4.49. The van der Waals surface area contributed by atoms with E-state index in [4.69, 9.17) is 6.42 Å². The summed E-state index contributed by atoms with van der Waals surface area (Å²) in [4.78, 5) is 13.1. The van der Waals surface area contributed by atoms with Gasteiger partial charge in [0.15, 0.2) is 0 Å². The first-order chi connectivity index (χ1) is 6.05. The maximum absolute atomic E-state index is 11.4. The number of carbonyl (C=O) groups excluding carboxylic acids is 1. The highest BCUT2D eigenvalue weighted by atomic mass is 16.3. The summed E-state index contributed by atoms with van der Waals surface area (Å²) in [6.45, 7) is 2.84. The van der Waals surface area contributed by atoms with Crippen molar-refractivity contribution in [2.24, 2.45) is 0 Å². The van der Waals surface area contributed by atoms with Gasteiger partial charge in [0.25, 0.3) is 0 Å². The van der Waals surface area contributed by atoms with E-state index in [0.717, 1.165) is 0 Å². The Labute approximate surface area is 78.7 Å². The van der Waals surface area contributed by atoms with Crippen molar-refractivity contribution in [3.05, 3.63) is 0 Å². The molecule has 1 N–H and O–H groups in total. The van der Waals surface area contributed by atoms with Gasteiger partial charge in [0.1, 0.15) is 0 Å². The average Bonchev–Trinajstić information content (AvgIpc) is 2.42. The van der Waals surface area contributed by atoms with E-state index < -0.39 is 5.60 Å². The summed E-state index contributed by atoms with van der Waals surface area (Å²) in [5.74, 6) is 2.48. The zero-order chi connectivity index (χ0) is 9.90. The van der Waals surface area contributed by atoms with Gasteiger partial charge in [-0.2, -0.15) is 0 Å². The average molecular weight is 181 g/mol. The topological polar surface area (TPSA) is 40.5 Å². The van der Waals surface area contributed by atoms with Crippen molar-refractivity contribution >= 4 is 5.91 Å². The Morgan fingerprint density at radius 3 is 2.92 bits per heavy atom. The lowest BCUT2D eigenvalue weighted by molar-refractivity contribution is -0.130. The fourth-order valence-corrected chi connectivity index (χ4v) is 1.50. The number of hydrogen-bond acceptors (Lipinski definition) is 2. The molecule has 0 aromatic rings. The summed E-state index contributed by atoms with van der Waals surface area (Å²) in [5.41, 5.74) is -0.703. The van der Waals surface area contributed by atoms with Crippen molar-refractivity contribution in [2.45, 2.75) is 31.8 Å². The van der Waals surface area contributed by atoms with Crippen LogP contribution < -0.4 is 0 Å².